The van der Waals surface area contributed by atoms with Gasteiger partial charge in [0.2, 0.25) is 0 Å². The van der Waals surface area contributed by atoms with Crippen molar-refractivity contribution >= 4 is 21.7 Å². The highest BCUT2D eigenvalue weighted by atomic mass is 16.1. The number of hydrogen-bond donors (Lipinski definition) is 1. The summed E-state index contributed by atoms with van der Waals surface area (Å²) in [6, 6.07) is 11.8. The number of fused-ring (bicyclic) bond motifs is 3. The van der Waals surface area contributed by atoms with Crippen LogP contribution in [0.25, 0.3) is 21.7 Å². The third kappa shape index (κ3) is 1.51. The molecule has 0 radical (unpaired) electrons. The summed E-state index contributed by atoms with van der Waals surface area (Å²) in [6.07, 6.45) is 0.731. The minimum atomic E-state index is -0.0578. The zero-order valence-corrected chi connectivity index (χ0v) is 9.53. The van der Waals surface area contributed by atoms with Crippen LogP contribution in [0.5, 0.6) is 0 Å². The Kier molecular flexibility index (Phi) is 2.18. The minimum absolute atomic E-state index is 0.0578. The van der Waals surface area contributed by atoms with E-state index in [1.165, 1.54) is 0 Å². The minimum Gasteiger partial charge on any atom is -0.310 e. The number of aryl methyl sites for hydroxylation is 1. The van der Waals surface area contributed by atoms with E-state index in [2.05, 4.69) is 9.97 Å². The highest BCUT2D eigenvalue weighted by Crippen LogP contribution is 2.21. The molecule has 84 valence electrons. The average Bonchev–Trinajstić information content (AvgIpc) is 2.38. The molecule has 0 fully saturated rings. The average molecular weight is 224 g/mol. The van der Waals surface area contributed by atoms with Crippen LogP contribution in [0.15, 0.2) is 41.2 Å². The van der Waals surface area contributed by atoms with Gasteiger partial charge in [0.05, 0.1) is 10.9 Å². The summed E-state index contributed by atoms with van der Waals surface area (Å²) in [5, 5.41) is 2.80. The van der Waals surface area contributed by atoms with Crippen LogP contribution in [0.4, 0.5) is 0 Å². The molecule has 1 N–H and O–H groups in total. The van der Waals surface area contributed by atoms with Gasteiger partial charge < -0.3 is 4.98 Å². The Morgan fingerprint density at radius 1 is 1.12 bits per heavy atom. The summed E-state index contributed by atoms with van der Waals surface area (Å²) < 4.78 is 0. The first-order valence-corrected chi connectivity index (χ1v) is 5.70. The number of H-pyrrole nitrogens is 1. The van der Waals surface area contributed by atoms with Crippen molar-refractivity contribution in [3.63, 3.8) is 0 Å². The topological polar surface area (TPSA) is 45.8 Å². The van der Waals surface area contributed by atoms with E-state index in [0.717, 1.165) is 28.5 Å². The van der Waals surface area contributed by atoms with E-state index < -0.39 is 0 Å². The molecule has 1 aromatic heterocycles. The van der Waals surface area contributed by atoms with Crippen molar-refractivity contribution in [3.05, 3.63) is 52.6 Å². The van der Waals surface area contributed by atoms with Crippen LogP contribution in [-0.4, -0.2) is 9.97 Å². The van der Waals surface area contributed by atoms with Crippen molar-refractivity contribution in [3.8, 4) is 0 Å². The summed E-state index contributed by atoms with van der Waals surface area (Å²) in [7, 11) is 0. The Bertz CT molecular complexity index is 759. The van der Waals surface area contributed by atoms with Crippen molar-refractivity contribution in [1.29, 1.82) is 0 Å². The number of rotatable bonds is 1. The van der Waals surface area contributed by atoms with Crippen LogP contribution in [0.2, 0.25) is 0 Å². The van der Waals surface area contributed by atoms with Gasteiger partial charge >= 0.3 is 0 Å². The van der Waals surface area contributed by atoms with E-state index in [1.54, 1.807) is 0 Å². The third-order valence-electron chi connectivity index (χ3n) is 2.98. The summed E-state index contributed by atoms with van der Waals surface area (Å²) in [5.41, 5.74) is 0.737. The van der Waals surface area contributed by atoms with Crippen LogP contribution in [0, 0.1) is 0 Å². The number of benzene rings is 2. The summed E-state index contributed by atoms with van der Waals surface area (Å²) in [4.78, 5) is 19.2. The van der Waals surface area contributed by atoms with Crippen LogP contribution in [0.1, 0.15) is 12.7 Å². The molecule has 0 unspecified atom stereocenters. The van der Waals surface area contributed by atoms with E-state index in [1.807, 2.05) is 43.3 Å². The van der Waals surface area contributed by atoms with Gasteiger partial charge in [-0.15, -0.1) is 0 Å². The highest BCUT2D eigenvalue weighted by molar-refractivity contribution is 6.04. The molecular weight excluding hydrogens is 212 g/mol. The molecule has 0 aliphatic carbocycles. The molecule has 0 saturated carbocycles. The predicted octanol–water partition coefficient (Wildman–Crippen LogP) is 2.64. The Morgan fingerprint density at radius 2 is 1.94 bits per heavy atom. The first kappa shape index (κ1) is 10.0. The first-order chi connectivity index (χ1) is 8.29. The van der Waals surface area contributed by atoms with Gasteiger partial charge in [0, 0.05) is 11.8 Å². The number of aromatic amines is 1. The van der Waals surface area contributed by atoms with Gasteiger partial charge in [0.1, 0.15) is 5.82 Å². The number of aromatic nitrogens is 2. The Morgan fingerprint density at radius 3 is 2.76 bits per heavy atom. The van der Waals surface area contributed by atoms with E-state index in [-0.39, 0.29) is 5.56 Å². The van der Waals surface area contributed by atoms with Crippen LogP contribution in [-0.2, 0) is 6.42 Å². The third-order valence-corrected chi connectivity index (χ3v) is 2.98. The molecule has 0 spiro atoms. The predicted molar refractivity (Wildman–Crippen MR) is 69.2 cm³/mol. The Hall–Kier alpha value is -2.16. The van der Waals surface area contributed by atoms with Crippen molar-refractivity contribution in [2.45, 2.75) is 13.3 Å². The van der Waals surface area contributed by atoms with E-state index in [9.17, 15) is 4.79 Å². The van der Waals surface area contributed by atoms with E-state index >= 15 is 0 Å². The first-order valence-electron chi connectivity index (χ1n) is 5.70. The Balaban J connectivity index is 2.56. The molecule has 0 bridgehead atoms. The number of nitrogens with zero attached hydrogens (tertiary/aromatic N) is 1. The second-order valence-electron chi connectivity index (χ2n) is 4.05. The molecule has 0 atom stereocenters. The molecule has 0 amide bonds. The summed E-state index contributed by atoms with van der Waals surface area (Å²) >= 11 is 0. The number of nitrogens with one attached hydrogen (secondary N) is 1. The molecule has 1 heterocycles. The SMILES string of the molecule is CCc1nc2c(ccc3ccccc32)c(=O)[nH]1. The number of hydrogen-bond acceptors (Lipinski definition) is 2. The molecule has 3 nitrogen and oxygen atoms in total. The van der Waals surface area contributed by atoms with Gasteiger partial charge in [0.25, 0.3) is 5.56 Å². The lowest BCUT2D eigenvalue weighted by atomic mass is 10.1. The second kappa shape index (κ2) is 3.70. The maximum atomic E-state index is 11.9. The largest absolute Gasteiger partial charge is 0.310 e. The molecule has 0 aliphatic rings. The van der Waals surface area contributed by atoms with Gasteiger partial charge in [-0.05, 0) is 11.5 Å². The van der Waals surface area contributed by atoms with Gasteiger partial charge in [-0.25, -0.2) is 4.98 Å². The fourth-order valence-electron chi connectivity index (χ4n) is 2.09. The van der Waals surface area contributed by atoms with Gasteiger partial charge in [0.15, 0.2) is 0 Å². The van der Waals surface area contributed by atoms with Crippen molar-refractivity contribution in [2.75, 3.05) is 0 Å². The van der Waals surface area contributed by atoms with Crippen molar-refractivity contribution in [2.24, 2.45) is 0 Å². The standard InChI is InChI=1S/C14H12N2O/c1-2-12-15-13-10-6-4-3-5-9(10)7-8-11(13)14(17)16-12/h3-8H,2H2,1H3,(H,15,16,17). The normalized spacial score (nSPS) is 11.1. The molecule has 0 aliphatic heterocycles. The zero-order valence-electron chi connectivity index (χ0n) is 9.53. The van der Waals surface area contributed by atoms with Gasteiger partial charge in [-0.2, -0.15) is 0 Å². The molecule has 3 heteroatoms. The second-order valence-corrected chi connectivity index (χ2v) is 4.05. The quantitative estimate of drug-likeness (QED) is 0.646. The summed E-state index contributed by atoms with van der Waals surface area (Å²) in [6.45, 7) is 1.98. The van der Waals surface area contributed by atoms with Gasteiger partial charge in [-0.1, -0.05) is 37.3 Å². The molecular formula is C14H12N2O. The summed E-state index contributed by atoms with van der Waals surface area (Å²) in [5.74, 6) is 0.735. The monoisotopic (exact) mass is 224 g/mol. The zero-order chi connectivity index (χ0) is 11.8. The fraction of sp³-hybridized carbons (Fsp3) is 0.143. The smallest absolute Gasteiger partial charge is 0.258 e. The highest BCUT2D eigenvalue weighted by Gasteiger charge is 2.06. The molecule has 2 aromatic carbocycles. The van der Waals surface area contributed by atoms with Crippen molar-refractivity contribution < 1.29 is 0 Å². The molecule has 3 aromatic rings. The maximum Gasteiger partial charge on any atom is 0.258 e. The lowest BCUT2D eigenvalue weighted by Gasteiger charge is -2.04. The Labute approximate surface area is 98.1 Å². The van der Waals surface area contributed by atoms with Crippen LogP contribution < -0.4 is 5.56 Å². The van der Waals surface area contributed by atoms with Gasteiger partial charge in [-0.3, -0.25) is 4.79 Å². The van der Waals surface area contributed by atoms with Crippen molar-refractivity contribution in [1.82, 2.24) is 9.97 Å². The fourth-order valence-corrected chi connectivity index (χ4v) is 2.09. The molecule has 3 rings (SSSR count). The molecule has 0 saturated heterocycles. The van der Waals surface area contributed by atoms with E-state index in [4.69, 9.17) is 0 Å². The maximum absolute atomic E-state index is 11.9. The lowest BCUT2D eigenvalue weighted by molar-refractivity contribution is 0.945. The molecule has 17 heavy (non-hydrogen) atoms. The van der Waals surface area contributed by atoms with Crippen LogP contribution >= 0.6 is 0 Å². The van der Waals surface area contributed by atoms with E-state index in [0.29, 0.717) is 5.39 Å². The lowest BCUT2D eigenvalue weighted by Crippen LogP contribution is -2.11. The van der Waals surface area contributed by atoms with Crippen LogP contribution in [0.3, 0.4) is 0 Å².